The number of benzene rings is 1. The van der Waals surface area contributed by atoms with Gasteiger partial charge >= 0.3 is 0 Å². The van der Waals surface area contributed by atoms with E-state index in [-0.39, 0.29) is 17.7 Å². The van der Waals surface area contributed by atoms with Crippen LogP contribution in [0.15, 0.2) is 24.3 Å². The molecule has 0 saturated heterocycles. The molecule has 0 spiro atoms. The Bertz CT molecular complexity index is 413. The van der Waals surface area contributed by atoms with Gasteiger partial charge < -0.3 is 16.2 Å². The van der Waals surface area contributed by atoms with Crippen LogP contribution in [0.25, 0.3) is 0 Å². The van der Waals surface area contributed by atoms with Crippen LogP contribution in [0.2, 0.25) is 0 Å². The number of carbonyl (C=O) groups excluding carboxylic acids is 1. The number of aromatic hydroxyl groups is 1. The van der Waals surface area contributed by atoms with Crippen molar-refractivity contribution in [2.24, 2.45) is 5.73 Å². The lowest BCUT2D eigenvalue weighted by molar-refractivity contribution is -0.123. The van der Waals surface area contributed by atoms with Crippen molar-refractivity contribution < 1.29 is 9.90 Å². The van der Waals surface area contributed by atoms with Gasteiger partial charge in [-0.3, -0.25) is 4.79 Å². The van der Waals surface area contributed by atoms with Crippen molar-refractivity contribution in [3.8, 4) is 5.75 Å². The van der Waals surface area contributed by atoms with Gasteiger partial charge in [0, 0.05) is 0 Å². The number of hydrogen-bond donors (Lipinski definition) is 3. The van der Waals surface area contributed by atoms with Crippen molar-refractivity contribution in [1.82, 2.24) is 5.32 Å². The molecule has 86 valence electrons. The van der Waals surface area contributed by atoms with E-state index in [1.165, 1.54) is 0 Å². The van der Waals surface area contributed by atoms with Gasteiger partial charge in [-0.1, -0.05) is 12.1 Å². The Balaban J connectivity index is 2.03. The number of rotatable bonds is 3. The van der Waals surface area contributed by atoms with Crippen LogP contribution < -0.4 is 11.1 Å². The molecule has 4 N–H and O–H groups in total. The maximum Gasteiger partial charge on any atom is 0.240 e. The van der Waals surface area contributed by atoms with E-state index in [4.69, 9.17) is 5.73 Å². The number of phenolic OH excluding ortho intramolecular Hbond substituents is 1. The monoisotopic (exact) mass is 220 g/mol. The molecule has 2 rings (SSSR count). The standard InChI is InChI=1S/C12H16N2O2/c1-8(9-3-2-4-10(15)7-9)14-11(16)12(13)5-6-12/h2-4,7-8,15H,5-6,13H2,1H3,(H,14,16). The molecule has 0 aliphatic heterocycles. The summed E-state index contributed by atoms with van der Waals surface area (Å²) in [5, 5.41) is 12.2. The van der Waals surface area contributed by atoms with Crippen LogP contribution in [0.1, 0.15) is 31.4 Å². The average molecular weight is 220 g/mol. The lowest BCUT2D eigenvalue weighted by Gasteiger charge is -2.17. The first kappa shape index (κ1) is 11.0. The van der Waals surface area contributed by atoms with Gasteiger partial charge in [0.25, 0.3) is 0 Å². The molecule has 1 aromatic carbocycles. The van der Waals surface area contributed by atoms with E-state index < -0.39 is 5.54 Å². The zero-order chi connectivity index (χ0) is 11.8. The molecule has 4 nitrogen and oxygen atoms in total. The van der Waals surface area contributed by atoms with E-state index >= 15 is 0 Å². The smallest absolute Gasteiger partial charge is 0.240 e. The highest BCUT2D eigenvalue weighted by molar-refractivity contribution is 5.89. The van der Waals surface area contributed by atoms with Crippen LogP contribution in [0, 0.1) is 0 Å². The molecule has 0 radical (unpaired) electrons. The SMILES string of the molecule is CC(NC(=O)C1(N)CC1)c1cccc(O)c1. The predicted molar refractivity (Wildman–Crippen MR) is 60.8 cm³/mol. The normalized spacial score (nSPS) is 18.9. The summed E-state index contributed by atoms with van der Waals surface area (Å²) in [7, 11) is 0. The highest BCUT2D eigenvalue weighted by Gasteiger charge is 2.46. The minimum Gasteiger partial charge on any atom is -0.508 e. The fraction of sp³-hybridized carbons (Fsp3) is 0.417. The number of nitrogens with one attached hydrogen (secondary N) is 1. The third kappa shape index (κ3) is 2.17. The Morgan fingerprint density at radius 3 is 2.81 bits per heavy atom. The lowest BCUT2D eigenvalue weighted by atomic mass is 10.1. The molecular weight excluding hydrogens is 204 g/mol. The summed E-state index contributed by atoms with van der Waals surface area (Å²) >= 11 is 0. The second-order valence-corrected chi connectivity index (χ2v) is 4.45. The number of hydrogen-bond acceptors (Lipinski definition) is 3. The summed E-state index contributed by atoms with van der Waals surface area (Å²) in [6.07, 6.45) is 1.51. The van der Waals surface area contributed by atoms with Crippen LogP contribution in [0.3, 0.4) is 0 Å². The lowest BCUT2D eigenvalue weighted by Crippen LogP contribution is -2.43. The highest BCUT2D eigenvalue weighted by Crippen LogP contribution is 2.33. The van der Waals surface area contributed by atoms with Gasteiger partial charge in [0.15, 0.2) is 0 Å². The molecule has 0 heterocycles. The summed E-state index contributed by atoms with van der Waals surface area (Å²) < 4.78 is 0. The molecule has 0 aromatic heterocycles. The molecule has 1 atom stereocenters. The van der Waals surface area contributed by atoms with Gasteiger partial charge in [-0.15, -0.1) is 0 Å². The summed E-state index contributed by atoms with van der Waals surface area (Å²) in [5.41, 5.74) is 6.01. The minimum atomic E-state index is -0.648. The van der Waals surface area contributed by atoms with Crippen molar-refractivity contribution in [1.29, 1.82) is 0 Å². The molecule has 1 aliphatic carbocycles. The van der Waals surface area contributed by atoms with E-state index in [2.05, 4.69) is 5.32 Å². The molecule has 4 heteroatoms. The Labute approximate surface area is 94.5 Å². The summed E-state index contributed by atoms with van der Waals surface area (Å²) in [6, 6.07) is 6.72. The van der Waals surface area contributed by atoms with Crippen molar-refractivity contribution in [3.05, 3.63) is 29.8 Å². The molecule has 16 heavy (non-hydrogen) atoms. The predicted octanol–water partition coefficient (Wildman–Crippen LogP) is 1.06. The average Bonchev–Trinajstić information content (AvgIpc) is 2.98. The fourth-order valence-electron chi connectivity index (χ4n) is 1.58. The number of amides is 1. The van der Waals surface area contributed by atoms with E-state index in [0.717, 1.165) is 18.4 Å². The molecule has 1 unspecified atom stereocenters. The first-order valence-electron chi connectivity index (χ1n) is 5.40. The highest BCUT2D eigenvalue weighted by atomic mass is 16.3. The van der Waals surface area contributed by atoms with Gasteiger partial charge in [0.05, 0.1) is 11.6 Å². The summed E-state index contributed by atoms with van der Waals surface area (Å²) in [6.45, 7) is 1.87. The molecule has 1 aromatic rings. The molecule has 0 bridgehead atoms. The third-order valence-electron chi connectivity index (χ3n) is 2.96. The molecule has 1 aliphatic rings. The summed E-state index contributed by atoms with van der Waals surface area (Å²) in [5.74, 6) is 0.0934. The van der Waals surface area contributed by atoms with Crippen molar-refractivity contribution in [2.45, 2.75) is 31.3 Å². The molecular formula is C12H16N2O2. The van der Waals surface area contributed by atoms with Gasteiger partial charge in [0.1, 0.15) is 5.75 Å². The van der Waals surface area contributed by atoms with E-state index in [1.807, 2.05) is 13.0 Å². The second kappa shape index (κ2) is 3.79. The number of phenols is 1. The van der Waals surface area contributed by atoms with Crippen LogP contribution in [0.5, 0.6) is 5.75 Å². The van der Waals surface area contributed by atoms with Crippen molar-refractivity contribution in [3.63, 3.8) is 0 Å². The third-order valence-corrected chi connectivity index (χ3v) is 2.96. The van der Waals surface area contributed by atoms with Crippen LogP contribution in [-0.2, 0) is 4.79 Å². The van der Waals surface area contributed by atoms with Gasteiger partial charge in [0.2, 0.25) is 5.91 Å². The maximum atomic E-state index is 11.7. The molecule has 1 amide bonds. The van der Waals surface area contributed by atoms with Crippen LogP contribution >= 0.6 is 0 Å². The quantitative estimate of drug-likeness (QED) is 0.713. The Kier molecular flexibility index (Phi) is 2.59. The van der Waals surface area contributed by atoms with Gasteiger partial charge in [-0.25, -0.2) is 0 Å². The molecule has 1 saturated carbocycles. The Hall–Kier alpha value is -1.55. The van der Waals surface area contributed by atoms with E-state index in [1.54, 1.807) is 18.2 Å². The zero-order valence-electron chi connectivity index (χ0n) is 9.23. The van der Waals surface area contributed by atoms with Gasteiger partial charge in [-0.05, 0) is 37.5 Å². The van der Waals surface area contributed by atoms with Crippen LogP contribution in [0.4, 0.5) is 0 Å². The van der Waals surface area contributed by atoms with Crippen molar-refractivity contribution >= 4 is 5.91 Å². The largest absolute Gasteiger partial charge is 0.508 e. The molecule has 1 fully saturated rings. The zero-order valence-corrected chi connectivity index (χ0v) is 9.23. The van der Waals surface area contributed by atoms with Crippen molar-refractivity contribution in [2.75, 3.05) is 0 Å². The number of carbonyl (C=O) groups is 1. The van der Waals surface area contributed by atoms with Crippen LogP contribution in [-0.4, -0.2) is 16.6 Å². The summed E-state index contributed by atoms with van der Waals surface area (Å²) in [4.78, 5) is 11.7. The van der Waals surface area contributed by atoms with E-state index in [0.29, 0.717) is 0 Å². The first-order valence-corrected chi connectivity index (χ1v) is 5.40. The minimum absolute atomic E-state index is 0.108. The topological polar surface area (TPSA) is 75.4 Å². The first-order chi connectivity index (χ1) is 7.51. The van der Waals surface area contributed by atoms with E-state index in [9.17, 15) is 9.90 Å². The second-order valence-electron chi connectivity index (χ2n) is 4.45. The van der Waals surface area contributed by atoms with Gasteiger partial charge in [-0.2, -0.15) is 0 Å². The fourth-order valence-corrected chi connectivity index (χ4v) is 1.58. The number of nitrogens with two attached hydrogens (primary N) is 1. The Morgan fingerprint density at radius 1 is 1.56 bits per heavy atom. The Morgan fingerprint density at radius 2 is 2.25 bits per heavy atom. The maximum absolute atomic E-state index is 11.7.